The minimum Gasteiger partial charge on any atom is -0.379 e. The Bertz CT molecular complexity index is 700. The lowest BCUT2D eigenvalue weighted by Gasteiger charge is -2.29. The van der Waals surface area contributed by atoms with E-state index in [0.29, 0.717) is 23.6 Å². The first-order valence-corrected chi connectivity index (χ1v) is 9.16. The Morgan fingerprint density at radius 2 is 2.21 bits per heavy atom. The van der Waals surface area contributed by atoms with E-state index in [-0.39, 0.29) is 11.7 Å². The summed E-state index contributed by atoms with van der Waals surface area (Å²) in [7, 11) is 0. The van der Waals surface area contributed by atoms with Crippen LogP contribution < -0.4 is 4.90 Å². The van der Waals surface area contributed by atoms with E-state index >= 15 is 0 Å². The van der Waals surface area contributed by atoms with Gasteiger partial charge in [-0.15, -0.1) is 0 Å². The lowest BCUT2D eigenvalue weighted by Crippen LogP contribution is -2.43. The molecule has 0 unspecified atom stereocenters. The maximum Gasteiger partial charge on any atom is 0.228 e. The van der Waals surface area contributed by atoms with Crippen molar-refractivity contribution in [1.82, 2.24) is 9.88 Å². The molecule has 2 aromatic rings. The molecular weight excluding hydrogens is 329 g/mol. The molecule has 1 fully saturated rings. The highest BCUT2D eigenvalue weighted by Gasteiger charge is 2.21. The first-order chi connectivity index (χ1) is 11.7. The predicted octanol–water partition coefficient (Wildman–Crippen LogP) is 2.90. The number of fused-ring (bicyclic) bond motifs is 1. The molecule has 0 aliphatic carbocycles. The average molecular weight is 351 g/mol. The molecule has 0 saturated carbocycles. The lowest BCUT2D eigenvalue weighted by molar-refractivity contribution is -0.118. The molecule has 0 atom stereocenters. The number of carbonyl (C=O) groups is 1. The quantitative estimate of drug-likeness (QED) is 0.803. The van der Waals surface area contributed by atoms with E-state index in [2.05, 4.69) is 9.88 Å². The molecular formula is C17H22FN3O2S. The minimum atomic E-state index is -0.342. The molecule has 130 valence electrons. The van der Waals surface area contributed by atoms with Gasteiger partial charge in [0.05, 0.1) is 17.9 Å². The Morgan fingerprint density at radius 1 is 1.42 bits per heavy atom. The van der Waals surface area contributed by atoms with Crippen LogP contribution in [-0.2, 0) is 9.53 Å². The number of benzene rings is 1. The highest BCUT2D eigenvalue weighted by Crippen LogP contribution is 2.30. The molecule has 0 N–H and O–H groups in total. The third-order valence-electron chi connectivity index (χ3n) is 4.10. The van der Waals surface area contributed by atoms with Crippen molar-refractivity contribution in [2.75, 3.05) is 44.3 Å². The number of nitrogens with zero attached hydrogens (tertiary/aromatic N) is 3. The SMILES string of the molecule is CCCC(=O)N(CCN1CCOCC1)c1nc2c(F)cccc2s1. The van der Waals surface area contributed by atoms with Crippen LogP contribution in [0.4, 0.5) is 9.52 Å². The van der Waals surface area contributed by atoms with Crippen LogP contribution in [0.15, 0.2) is 18.2 Å². The van der Waals surface area contributed by atoms with Crippen LogP contribution in [0.5, 0.6) is 0 Å². The van der Waals surface area contributed by atoms with Gasteiger partial charge in [0.15, 0.2) is 5.13 Å². The van der Waals surface area contributed by atoms with Crippen molar-refractivity contribution in [3.05, 3.63) is 24.0 Å². The van der Waals surface area contributed by atoms with Crippen LogP contribution in [0, 0.1) is 5.82 Å². The number of aromatic nitrogens is 1. The predicted molar refractivity (Wildman–Crippen MR) is 94.1 cm³/mol. The molecule has 1 aromatic carbocycles. The van der Waals surface area contributed by atoms with Crippen molar-refractivity contribution in [2.24, 2.45) is 0 Å². The Morgan fingerprint density at radius 3 is 2.92 bits per heavy atom. The molecule has 1 amide bonds. The van der Waals surface area contributed by atoms with Gasteiger partial charge in [0.1, 0.15) is 11.3 Å². The zero-order chi connectivity index (χ0) is 16.9. The van der Waals surface area contributed by atoms with Gasteiger partial charge >= 0.3 is 0 Å². The molecule has 5 nitrogen and oxygen atoms in total. The number of carbonyl (C=O) groups excluding carboxylic acids is 1. The number of morpholine rings is 1. The van der Waals surface area contributed by atoms with E-state index in [1.807, 2.05) is 13.0 Å². The molecule has 7 heteroatoms. The van der Waals surface area contributed by atoms with Crippen LogP contribution >= 0.6 is 11.3 Å². The number of ether oxygens (including phenoxy) is 1. The maximum atomic E-state index is 13.9. The standard InChI is InChI=1S/C17H22FN3O2S/c1-2-4-15(22)21(8-7-20-9-11-23-12-10-20)17-19-16-13(18)5-3-6-14(16)24-17/h3,5-6H,2,4,7-12H2,1H3. The van der Waals surface area contributed by atoms with Crippen LogP contribution in [-0.4, -0.2) is 55.2 Å². The average Bonchev–Trinajstić information content (AvgIpc) is 3.01. The highest BCUT2D eigenvalue weighted by molar-refractivity contribution is 7.22. The summed E-state index contributed by atoms with van der Waals surface area (Å²) < 4.78 is 20.0. The maximum absolute atomic E-state index is 13.9. The summed E-state index contributed by atoms with van der Waals surface area (Å²) in [5.41, 5.74) is 0.346. The first-order valence-electron chi connectivity index (χ1n) is 8.34. The molecule has 24 heavy (non-hydrogen) atoms. The van der Waals surface area contributed by atoms with E-state index in [1.165, 1.54) is 17.4 Å². The number of rotatable bonds is 6. The Balaban J connectivity index is 1.79. The molecule has 3 rings (SSSR count). The summed E-state index contributed by atoms with van der Waals surface area (Å²) in [4.78, 5) is 20.9. The fourth-order valence-corrected chi connectivity index (χ4v) is 3.78. The second-order valence-electron chi connectivity index (χ2n) is 5.83. The molecule has 0 spiro atoms. The molecule has 0 bridgehead atoms. The summed E-state index contributed by atoms with van der Waals surface area (Å²) in [6.07, 6.45) is 1.26. The third-order valence-corrected chi connectivity index (χ3v) is 5.14. The van der Waals surface area contributed by atoms with Gasteiger partial charge in [-0.3, -0.25) is 14.6 Å². The van der Waals surface area contributed by atoms with Crippen molar-refractivity contribution in [3.8, 4) is 0 Å². The Hall–Kier alpha value is -1.57. The highest BCUT2D eigenvalue weighted by atomic mass is 32.1. The zero-order valence-electron chi connectivity index (χ0n) is 13.8. The normalized spacial score (nSPS) is 15.8. The van der Waals surface area contributed by atoms with Gasteiger partial charge in [0.2, 0.25) is 5.91 Å². The number of hydrogen-bond acceptors (Lipinski definition) is 5. The Kier molecular flexibility index (Phi) is 5.76. The van der Waals surface area contributed by atoms with E-state index in [1.54, 1.807) is 11.0 Å². The summed E-state index contributed by atoms with van der Waals surface area (Å²) in [6, 6.07) is 4.91. The van der Waals surface area contributed by atoms with Gasteiger partial charge in [0, 0.05) is 32.6 Å². The zero-order valence-corrected chi connectivity index (χ0v) is 14.6. The van der Waals surface area contributed by atoms with Gasteiger partial charge < -0.3 is 4.74 Å². The third kappa shape index (κ3) is 3.91. The van der Waals surface area contributed by atoms with Crippen LogP contribution in [0.3, 0.4) is 0 Å². The fourth-order valence-electron chi connectivity index (χ4n) is 2.76. The van der Waals surface area contributed by atoms with E-state index in [4.69, 9.17) is 4.74 Å². The Labute approximate surface area is 145 Å². The number of thiazole rings is 1. The number of para-hydroxylation sites is 1. The molecule has 1 aromatic heterocycles. The van der Waals surface area contributed by atoms with Crippen molar-refractivity contribution in [3.63, 3.8) is 0 Å². The van der Waals surface area contributed by atoms with Crippen LogP contribution in [0.25, 0.3) is 10.2 Å². The van der Waals surface area contributed by atoms with Gasteiger partial charge in [-0.25, -0.2) is 9.37 Å². The van der Waals surface area contributed by atoms with Crippen molar-refractivity contribution >= 4 is 32.6 Å². The molecule has 1 aliphatic rings. The lowest BCUT2D eigenvalue weighted by atomic mass is 10.3. The summed E-state index contributed by atoms with van der Waals surface area (Å²) in [5.74, 6) is -0.295. The molecule has 2 heterocycles. The van der Waals surface area contributed by atoms with Gasteiger partial charge in [-0.2, -0.15) is 0 Å². The van der Waals surface area contributed by atoms with Gasteiger partial charge in [-0.1, -0.05) is 24.3 Å². The monoisotopic (exact) mass is 351 g/mol. The van der Waals surface area contributed by atoms with E-state index in [0.717, 1.165) is 44.0 Å². The number of anilines is 1. The largest absolute Gasteiger partial charge is 0.379 e. The number of amides is 1. The number of halogens is 1. The van der Waals surface area contributed by atoms with Gasteiger partial charge in [-0.05, 0) is 18.6 Å². The first kappa shape index (κ1) is 17.3. The summed E-state index contributed by atoms with van der Waals surface area (Å²) in [5, 5.41) is 0.585. The van der Waals surface area contributed by atoms with Crippen LogP contribution in [0.2, 0.25) is 0 Å². The van der Waals surface area contributed by atoms with Crippen molar-refractivity contribution in [2.45, 2.75) is 19.8 Å². The fraction of sp³-hybridized carbons (Fsp3) is 0.529. The topological polar surface area (TPSA) is 45.7 Å². The molecule has 1 saturated heterocycles. The van der Waals surface area contributed by atoms with Gasteiger partial charge in [0.25, 0.3) is 0 Å². The molecule has 0 radical (unpaired) electrons. The summed E-state index contributed by atoms with van der Waals surface area (Å²) in [6.45, 7) is 6.55. The van der Waals surface area contributed by atoms with Crippen molar-refractivity contribution < 1.29 is 13.9 Å². The molecule has 1 aliphatic heterocycles. The van der Waals surface area contributed by atoms with E-state index in [9.17, 15) is 9.18 Å². The van der Waals surface area contributed by atoms with Crippen molar-refractivity contribution in [1.29, 1.82) is 0 Å². The van der Waals surface area contributed by atoms with E-state index < -0.39 is 0 Å². The number of hydrogen-bond donors (Lipinski definition) is 0. The van der Waals surface area contributed by atoms with Crippen LogP contribution in [0.1, 0.15) is 19.8 Å². The summed E-state index contributed by atoms with van der Waals surface area (Å²) >= 11 is 1.37. The minimum absolute atomic E-state index is 0.0465. The smallest absolute Gasteiger partial charge is 0.228 e. The second kappa shape index (κ2) is 8.00. The second-order valence-corrected chi connectivity index (χ2v) is 6.84.